The van der Waals surface area contributed by atoms with Gasteiger partial charge in [-0.25, -0.2) is 0 Å². The number of carbonyl (C=O) groups excluding carboxylic acids is 1. The summed E-state index contributed by atoms with van der Waals surface area (Å²) in [5.41, 5.74) is 6.19. The summed E-state index contributed by atoms with van der Waals surface area (Å²) < 4.78 is 41.3. The highest BCUT2D eigenvalue weighted by Crippen LogP contribution is 2.22. The van der Waals surface area contributed by atoms with Crippen LogP contribution in [0.2, 0.25) is 0 Å². The topological polar surface area (TPSA) is 64.4 Å². The molecule has 0 heterocycles. The van der Waals surface area contributed by atoms with Crippen LogP contribution in [-0.4, -0.2) is 36.7 Å². The van der Waals surface area contributed by atoms with E-state index in [1.54, 1.807) is 30.0 Å². The molecule has 4 nitrogen and oxygen atoms in total. The molecule has 0 aliphatic rings. The van der Waals surface area contributed by atoms with Crippen LogP contribution in [0.5, 0.6) is 5.75 Å². The molecule has 0 spiro atoms. The average molecular weight is 373 g/mol. The van der Waals surface area contributed by atoms with E-state index >= 15 is 0 Å². The van der Waals surface area contributed by atoms with E-state index in [4.69, 9.17) is 10.5 Å². The minimum absolute atomic E-state index is 0. The molecule has 1 aromatic carbocycles. The first-order valence-electron chi connectivity index (χ1n) is 6.63. The molecule has 0 fully saturated rings. The maximum Gasteiger partial charge on any atom is 0.422 e. The second-order valence-electron chi connectivity index (χ2n) is 4.62. The number of benzene rings is 1. The monoisotopic (exact) mass is 372 g/mol. The van der Waals surface area contributed by atoms with E-state index in [1.165, 1.54) is 6.07 Å². The van der Waals surface area contributed by atoms with Gasteiger partial charge in [0.05, 0.1) is 6.04 Å². The number of nitrogens with one attached hydrogen (secondary N) is 1. The van der Waals surface area contributed by atoms with Gasteiger partial charge in [-0.15, -0.1) is 12.4 Å². The quantitative estimate of drug-likeness (QED) is 0.736. The zero-order valence-electron chi connectivity index (χ0n) is 12.6. The molecule has 23 heavy (non-hydrogen) atoms. The molecule has 9 heteroatoms. The number of alkyl halides is 3. The van der Waals surface area contributed by atoms with Crippen LogP contribution in [0, 0.1) is 0 Å². The van der Waals surface area contributed by atoms with Crippen molar-refractivity contribution in [2.75, 3.05) is 18.6 Å². The lowest BCUT2D eigenvalue weighted by Crippen LogP contribution is -2.40. The number of hydrogen-bond donors (Lipinski definition) is 2. The number of nitrogens with two attached hydrogens (primary N) is 1. The van der Waals surface area contributed by atoms with E-state index in [2.05, 4.69) is 5.32 Å². The van der Waals surface area contributed by atoms with Crippen molar-refractivity contribution in [1.82, 2.24) is 5.32 Å². The summed E-state index contributed by atoms with van der Waals surface area (Å²) in [5.74, 6) is 0.525. The van der Waals surface area contributed by atoms with Gasteiger partial charge < -0.3 is 15.8 Å². The summed E-state index contributed by atoms with van der Waals surface area (Å²) in [6, 6.07) is 5.63. The molecule has 1 atom stereocenters. The number of carbonyl (C=O) groups is 1. The van der Waals surface area contributed by atoms with E-state index in [1.807, 2.05) is 6.26 Å². The standard InChI is InChI=1S/C14H19F3N2O2S.ClH/c1-22-7-6-11(18)13(20)19-8-10-4-2-3-5-12(10)21-9-14(15,16)17;/h2-5,11H,6-9,18H2,1H3,(H,19,20);1H/t11-;/m0./s1. The van der Waals surface area contributed by atoms with Crippen molar-refractivity contribution in [2.24, 2.45) is 5.73 Å². The van der Waals surface area contributed by atoms with Crippen LogP contribution in [0.3, 0.4) is 0 Å². The number of halogens is 4. The van der Waals surface area contributed by atoms with Gasteiger partial charge in [-0.3, -0.25) is 4.79 Å². The second kappa shape index (κ2) is 10.6. The number of para-hydroxylation sites is 1. The summed E-state index contributed by atoms with van der Waals surface area (Å²) in [7, 11) is 0. The van der Waals surface area contributed by atoms with Crippen LogP contribution in [0.15, 0.2) is 24.3 Å². The molecule has 0 saturated heterocycles. The minimum Gasteiger partial charge on any atom is -0.484 e. The van der Waals surface area contributed by atoms with Gasteiger partial charge in [-0.1, -0.05) is 18.2 Å². The maximum atomic E-state index is 12.2. The minimum atomic E-state index is -4.41. The number of rotatable bonds is 8. The third-order valence-electron chi connectivity index (χ3n) is 2.79. The summed E-state index contributed by atoms with van der Waals surface area (Å²) in [6.07, 6.45) is -1.95. The van der Waals surface area contributed by atoms with Crippen molar-refractivity contribution in [2.45, 2.75) is 25.2 Å². The molecule has 1 amide bonds. The van der Waals surface area contributed by atoms with E-state index < -0.39 is 18.8 Å². The predicted octanol–water partition coefficient (Wildman–Crippen LogP) is 2.75. The van der Waals surface area contributed by atoms with Gasteiger partial charge in [0.15, 0.2) is 6.61 Å². The highest BCUT2D eigenvalue weighted by Gasteiger charge is 2.28. The Balaban J connectivity index is 0.00000484. The average Bonchev–Trinajstić information content (AvgIpc) is 2.48. The maximum absolute atomic E-state index is 12.2. The Morgan fingerprint density at radius 3 is 2.65 bits per heavy atom. The van der Waals surface area contributed by atoms with Crippen molar-refractivity contribution in [3.8, 4) is 5.75 Å². The number of amides is 1. The molecule has 0 bridgehead atoms. The predicted molar refractivity (Wildman–Crippen MR) is 88.1 cm³/mol. The summed E-state index contributed by atoms with van der Waals surface area (Å²) in [5, 5.41) is 2.61. The molecule has 0 aliphatic heterocycles. The molecule has 1 aromatic rings. The number of thioether (sulfide) groups is 1. The first-order valence-corrected chi connectivity index (χ1v) is 8.02. The van der Waals surface area contributed by atoms with Gasteiger partial charge in [0, 0.05) is 12.1 Å². The van der Waals surface area contributed by atoms with Crippen LogP contribution in [-0.2, 0) is 11.3 Å². The molecule has 0 unspecified atom stereocenters. The Morgan fingerprint density at radius 2 is 2.04 bits per heavy atom. The van der Waals surface area contributed by atoms with Crippen LogP contribution in [0.25, 0.3) is 0 Å². The number of ether oxygens (including phenoxy) is 1. The van der Waals surface area contributed by atoms with Crippen LogP contribution < -0.4 is 15.8 Å². The van der Waals surface area contributed by atoms with Crippen molar-refractivity contribution < 1.29 is 22.7 Å². The fourth-order valence-corrected chi connectivity index (χ4v) is 2.13. The molecule has 0 radical (unpaired) electrons. The fraction of sp³-hybridized carbons (Fsp3) is 0.500. The van der Waals surface area contributed by atoms with Crippen LogP contribution >= 0.6 is 24.2 Å². The first-order chi connectivity index (χ1) is 10.3. The Morgan fingerprint density at radius 1 is 1.39 bits per heavy atom. The lowest BCUT2D eigenvalue weighted by molar-refractivity contribution is -0.153. The Hall–Kier alpha value is -1.12. The van der Waals surface area contributed by atoms with Crippen molar-refractivity contribution in [3.63, 3.8) is 0 Å². The van der Waals surface area contributed by atoms with E-state index in [0.717, 1.165) is 5.75 Å². The van der Waals surface area contributed by atoms with Crippen LogP contribution in [0.1, 0.15) is 12.0 Å². The third kappa shape index (κ3) is 8.92. The number of hydrogen-bond acceptors (Lipinski definition) is 4. The molecule has 1 rings (SSSR count). The fourth-order valence-electron chi connectivity index (χ4n) is 1.64. The second-order valence-corrected chi connectivity index (χ2v) is 5.60. The van der Waals surface area contributed by atoms with Crippen LogP contribution in [0.4, 0.5) is 13.2 Å². The van der Waals surface area contributed by atoms with Gasteiger partial charge in [-0.05, 0) is 24.5 Å². The molecular weight excluding hydrogens is 353 g/mol. The highest BCUT2D eigenvalue weighted by molar-refractivity contribution is 7.98. The van der Waals surface area contributed by atoms with E-state index in [0.29, 0.717) is 12.0 Å². The van der Waals surface area contributed by atoms with Crippen molar-refractivity contribution >= 4 is 30.1 Å². The lowest BCUT2D eigenvalue weighted by atomic mass is 10.2. The zero-order chi connectivity index (χ0) is 16.6. The van der Waals surface area contributed by atoms with Gasteiger partial charge in [-0.2, -0.15) is 24.9 Å². The molecular formula is C14H20ClF3N2O2S. The van der Waals surface area contributed by atoms with Crippen molar-refractivity contribution in [1.29, 1.82) is 0 Å². The molecule has 0 saturated carbocycles. The van der Waals surface area contributed by atoms with Crippen molar-refractivity contribution in [3.05, 3.63) is 29.8 Å². The summed E-state index contributed by atoms with van der Waals surface area (Å²) >= 11 is 1.59. The smallest absolute Gasteiger partial charge is 0.422 e. The highest BCUT2D eigenvalue weighted by atomic mass is 35.5. The van der Waals surface area contributed by atoms with Gasteiger partial charge in [0.2, 0.25) is 5.91 Å². The van der Waals surface area contributed by atoms with E-state index in [-0.39, 0.29) is 30.6 Å². The SMILES string of the molecule is CSCC[C@H](N)C(=O)NCc1ccccc1OCC(F)(F)F.Cl. The Bertz CT molecular complexity index is 489. The Labute approximate surface area is 143 Å². The summed E-state index contributed by atoms with van der Waals surface area (Å²) in [6.45, 7) is -1.30. The van der Waals surface area contributed by atoms with Gasteiger partial charge in [0.1, 0.15) is 5.75 Å². The molecule has 0 aromatic heterocycles. The largest absolute Gasteiger partial charge is 0.484 e. The lowest BCUT2D eigenvalue weighted by Gasteiger charge is -2.15. The third-order valence-corrected chi connectivity index (χ3v) is 3.43. The van der Waals surface area contributed by atoms with E-state index in [9.17, 15) is 18.0 Å². The zero-order valence-corrected chi connectivity index (χ0v) is 14.2. The summed E-state index contributed by atoms with van der Waals surface area (Å²) in [4.78, 5) is 11.8. The molecule has 132 valence electrons. The normalized spacial score (nSPS) is 12.2. The van der Waals surface area contributed by atoms with Gasteiger partial charge >= 0.3 is 6.18 Å². The molecule has 0 aliphatic carbocycles. The first kappa shape index (κ1) is 21.9. The van der Waals surface area contributed by atoms with Gasteiger partial charge in [0.25, 0.3) is 0 Å². The Kier molecular flexibility index (Phi) is 10.1. The molecule has 3 N–H and O–H groups in total.